The third-order valence-electron chi connectivity index (χ3n) is 8.64. The van der Waals surface area contributed by atoms with Gasteiger partial charge in [-0.25, -0.2) is 0 Å². The number of likely N-dealkylation sites (N-methyl/N-ethyl adjacent to an activating group) is 1. The van der Waals surface area contributed by atoms with Gasteiger partial charge in [0.15, 0.2) is 0 Å². The van der Waals surface area contributed by atoms with Crippen LogP contribution < -0.4 is 5.32 Å². The van der Waals surface area contributed by atoms with E-state index in [1.54, 1.807) is 7.05 Å². The van der Waals surface area contributed by atoms with Crippen molar-refractivity contribution in [3.05, 3.63) is 36.0 Å². The van der Waals surface area contributed by atoms with Crippen LogP contribution in [0.5, 0.6) is 0 Å². The van der Waals surface area contributed by atoms with Gasteiger partial charge >= 0.3 is 0 Å². The van der Waals surface area contributed by atoms with Crippen molar-refractivity contribution in [3.8, 4) is 0 Å². The number of benzene rings is 1. The van der Waals surface area contributed by atoms with E-state index in [0.717, 1.165) is 11.9 Å². The fourth-order valence-corrected chi connectivity index (χ4v) is 6.73. The quantitative estimate of drug-likeness (QED) is 0.397. The maximum Gasteiger partial charge on any atom is 0.248 e. The summed E-state index contributed by atoms with van der Waals surface area (Å²) in [6.07, 6.45) is -0.786. The largest absolute Gasteiger partial charge is 0.391 e. The Bertz CT molecular complexity index is 1080. The molecule has 36 heavy (non-hydrogen) atoms. The zero-order valence-corrected chi connectivity index (χ0v) is 21.5. The van der Waals surface area contributed by atoms with Gasteiger partial charge in [0.2, 0.25) is 12.1 Å². The van der Waals surface area contributed by atoms with Crippen molar-refractivity contribution >= 4 is 10.9 Å². The summed E-state index contributed by atoms with van der Waals surface area (Å²) in [7, 11) is 3.72. The van der Waals surface area contributed by atoms with Crippen LogP contribution in [-0.4, -0.2) is 86.3 Å². The standard InChI is InChI=1S/C27H40N2O7/c1-5-17-21(30)20(28-3)23-24(22(17)31)35-25-27(33,36-23)26(32,13-15(2)34-25)12-8-9-16-14-29(4)19-11-7-6-10-18(16)19/h6-7,10-11,14-15,17,20-25,28,30-33H,5,8-9,12-13H2,1-4H3/t15-,17-,20+,21+,22+,23?,24?,25?,26+,27-/m1/s1. The van der Waals surface area contributed by atoms with Gasteiger partial charge in [-0.3, -0.25) is 0 Å². The molecule has 5 N–H and O–H groups in total. The molecule has 3 heterocycles. The first kappa shape index (κ1) is 26.1. The molecule has 1 aromatic carbocycles. The number of aromatic nitrogens is 1. The first-order valence-corrected chi connectivity index (χ1v) is 13.1. The minimum Gasteiger partial charge on any atom is -0.391 e. The van der Waals surface area contributed by atoms with E-state index >= 15 is 0 Å². The van der Waals surface area contributed by atoms with Crippen LogP contribution in [0.2, 0.25) is 0 Å². The number of rotatable bonds is 6. The monoisotopic (exact) mass is 504 g/mol. The van der Waals surface area contributed by atoms with E-state index in [4.69, 9.17) is 14.2 Å². The van der Waals surface area contributed by atoms with E-state index in [2.05, 4.69) is 28.2 Å². The molecular formula is C27H40N2O7. The predicted molar refractivity (Wildman–Crippen MR) is 133 cm³/mol. The molecule has 9 nitrogen and oxygen atoms in total. The van der Waals surface area contributed by atoms with E-state index in [1.165, 1.54) is 10.9 Å². The highest BCUT2D eigenvalue weighted by atomic mass is 16.8. The second kappa shape index (κ2) is 9.63. The second-order valence-electron chi connectivity index (χ2n) is 10.9. The fourth-order valence-electron chi connectivity index (χ4n) is 6.73. The number of nitrogens with one attached hydrogen (secondary N) is 1. The molecule has 1 saturated carbocycles. The molecule has 2 aromatic rings. The molecule has 3 fully saturated rings. The van der Waals surface area contributed by atoms with Crippen molar-refractivity contribution in [2.24, 2.45) is 13.0 Å². The number of aryl methyl sites for hydroxylation is 2. The molecule has 10 atom stereocenters. The fraction of sp³-hybridized carbons (Fsp3) is 0.704. The number of aliphatic hydroxyl groups excluding tert-OH is 2. The summed E-state index contributed by atoms with van der Waals surface area (Å²) in [5, 5.41) is 49.9. The summed E-state index contributed by atoms with van der Waals surface area (Å²) in [6.45, 7) is 3.73. The maximum atomic E-state index is 11.9. The van der Waals surface area contributed by atoms with E-state index in [9.17, 15) is 20.4 Å². The molecular weight excluding hydrogens is 464 g/mol. The zero-order valence-electron chi connectivity index (χ0n) is 21.5. The Balaban J connectivity index is 1.38. The third-order valence-corrected chi connectivity index (χ3v) is 8.64. The summed E-state index contributed by atoms with van der Waals surface area (Å²) in [6, 6.07) is 7.62. The van der Waals surface area contributed by atoms with Gasteiger partial charge < -0.3 is 44.5 Å². The van der Waals surface area contributed by atoms with Gasteiger partial charge in [0.25, 0.3) is 0 Å². The van der Waals surface area contributed by atoms with Crippen molar-refractivity contribution in [1.82, 2.24) is 9.88 Å². The molecule has 0 bridgehead atoms. The van der Waals surface area contributed by atoms with Crippen LogP contribution in [-0.2, 0) is 27.7 Å². The van der Waals surface area contributed by atoms with E-state index in [0.29, 0.717) is 12.8 Å². The Morgan fingerprint density at radius 3 is 2.58 bits per heavy atom. The highest BCUT2D eigenvalue weighted by Gasteiger charge is 2.68. The lowest BCUT2D eigenvalue weighted by molar-refractivity contribution is -0.485. The normalized spacial score (nSPS) is 42.8. The number of ether oxygens (including phenoxy) is 3. The maximum absolute atomic E-state index is 11.9. The summed E-state index contributed by atoms with van der Waals surface area (Å²) >= 11 is 0. The van der Waals surface area contributed by atoms with E-state index < -0.39 is 54.1 Å². The van der Waals surface area contributed by atoms with Crippen LogP contribution in [0.1, 0.15) is 45.1 Å². The van der Waals surface area contributed by atoms with Crippen LogP contribution in [0.25, 0.3) is 10.9 Å². The molecule has 3 unspecified atom stereocenters. The van der Waals surface area contributed by atoms with Crippen molar-refractivity contribution in [2.75, 3.05) is 7.05 Å². The van der Waals surface area contributed by atoms with Crippen molar-refractivity contribution < 1.29 is 34.6 Å². The lowest BCUT2D eigenvalue weighted by Crippen LogP contribution is -2.78. The van der Waals surface area contributed by atoms with Crippen molar-refractivity contribution in [3.63, 3.8) is 0 Å². The van der Waals surface area contributed by atoms with Crippen LogP contribution in [0.15, 0.2) is 30.5 Å². The minimum atomic E-state index is -2.15. The second-order valence-corrected chi connectivity index (χ2v) is 10.9. The van der Waals surface area contributed by atoms with Gasteiger partial charge in [0, 0.05) is 36.5 Å². The van der Waals surface area contributed by atoms with Crippen LogP contribution in [0, 0.1) is 5.92 Å². The number of para-hydroxylation sites is 1. The third kappa shape index (κ3) is 4.01. The first-order chi connectivity index (χ1) is 17.1. The summed E-state index contributed by atoms with van der Waals surface area (Å²) in [5.74, 6) is -2.56. The van der Waals surface area contributed by atoms with Gasteiger partial charge in [0.1, 0.15) is 17.8 Å². The molecule has 1 aromatic heterocycles. The van der Waals surface area contributed by atoms with E-state index in [-0.39, 0.29) is 18.9 Å². The average Bonchev–Trinajstić information content (AvgIpc) is 3.15. The van der Waals surface area contributed by atoms with Crippen LogP contribution >= 0.6 is 0 Å². The van der Waals surface area contributed by atoms with Gasteiger partial charge in [-0.15, -0.1) is 0 Å². The van der Waals surface area contributed by atoms with Crippen LogP contribution in [0.4, 0.5) is 0 Å². The predicted octanol–water partition coefficient (Wildman–Crippen LogP) is 1.19. The first-order valence-electron chi connectivity index (χ1n) is 13.1. The average molecular weight is 505 g/mol. The highest BCUT2D eigenvalue weighted by Crippen LogP contribution is 2.49. The lowest BCUT2D eigenvalue weighted by atomic mass is 9.73. The Labute approximate surface area is 212 Å². The molecule has 200 valence electrons. The Kier molecular flexibility index (Phi) is 6.97. The molecule has 2 saturated heterocycles. The Hall–Kier alpha value is -1.56. The molecule has 2 aliphatic heterocycles. The topological polar surface area (TPSA) is 126 Å². The highest BCUT2D eigenvalue weighted by molar-refractivity contribution is 5.83. The molecule has 0 amide bonds. The van der Waals surface area contributed by atoms with Gasteiger partial charge in [-0.05, 0) is 51.3 Å². The minimum absolute atomic E-state index is 0.170. The molecule has 1 aliphatic carbocycles. The van der Waals surface area contributed by atoms with Gasteiger partial charge in [-0.1, -0.05) is 25.1 Å². The molecule has 9 heteroatoms. The zero-order chi connectivity index (χ0) is 25.8. The Morgan fingerprint density at radius 2 is 1.86 bits per heavy atom. The molecule has 3 aliphatic rings. The Morgan fingerprint density at radius 1 is 1.11 bits per heavy atom. The van der Waals surface area contributed by atoms with Crippen molar-refractivity contribution in [2.45, 2.75) is 100 Å². The van der Waals surface area contributed by atoms with Crippen LogP contribution in [0.3, 0.4) is 0 Å². The number of nitrogens with zero attached hydrogens (tertiary/aromatic N) is 1. The number of hydrogen-bond acceptors (Lipinski definition) is 8. The van der Waals surface area contributed by atoms with Gasteiger partial charge in [0.05, 0.1) is 24.4 Å². The summed E-state index contributed by atoms with van der Waals surface area (Å²) in [4.78, 5) is 0. The van der Waals surface area contributed by atoms with Gasteiger partial charge in [-0.2, -0.15) is 0 Å². The molecule has 0 radical (unpaired) electrons. The van der Waals surface area contributed by atoms with Crippen molar-refractivity contribution in [1.29, 1.82) is 0 Å². The lowest BCUT2D eigenvalue weighted by Gasteiger charge is -2.60. The summed E-state index contributed by atoms with van der Waals surface area (Å²) in [5.41, 5.74) is 0.693. The van der Waals surface area contributed by atoms with E-state index in [1.807, 2.05) is 33.0 Å². The molecule has 0 spiro atoms. The number of hydrogen-bond donors (Lipinski definition) is 5. The number of aliphatic hydroxyl groups is 4. The SMILES string of the molecule is CC[C@@H]1[C@H](O)[C@H](NC)C2O[C@]3(O)C(OC2[C@H]1O)O[C@H](C)C[C@@]3(O)CCCc1cn(C)c2ccccc12. The smallest absolute Gasteiger partial charge is 0.248 e. The summed E-state index contributed by atoms with van der Waals surface area (Å²) < 4.78 is 20.4. The molecule has 5 rings (SSSR count). The number of fused-ring (bicyclic) bond motifs is 3.